The van der Waals surface area contributed by atoms with Crippen LogP contribution in [0.15, 0.2) is 303 Å². The minimum absolute atomic E-state index is 0.526. The molecule has 0 bridgehead atoms. The molecule has 0 atom stereocenters. The molecule has 13 aromatic rings. The molecule has 0 spiro atoms. The number of fused-ring (bicyclic) bond motifs is 6. The lowest BCUT2D eigenvalue weighted by Gasteiger charge is -2.35. The highest BCUT2D eigenvalue weighted by Crippen LogP contribution is 2.57. The molecule has 1 aliphatic rings. The van der Waals surface area contributed by atoms with Gasteiger partial charge in [-0.3, -0.25) is 0 Å². The Morgan fingerprint density at radius 2 is 0.680 bits per heavy atom. The second-order valence-electron chi connectivity index (χ2n) is 19.6. The number of nitrogens with zero attached hydrogens (tertiary/aromatic N) is 2. The van der Waals surface area contributed by atoms with E-state index in [2.05, 4.69) is 313 Å². The summed E-state index contributed by atoms with van der Waals surface area (Å²) in [6, 6.07) is 111. The van der Waals surface area contributed by atoms with E-state index < -0.39 is 5.41 Å². The number of anilines is 3. The maximum Gasteiger partial charge on any atom is 0.0714 e. The predicted octanol–water partition coefficient (Wildman–Crippen LogP) is 19.3. The Bertz CT molecular complexity index is 4160. The summed E-state index contributed by atoms with van der Waals surface area (Å²) in [4.78, 5) is 2.43. The van der Waals surface area contributed by atoms with Gasteiger partial charge in [0, 0.05) is 33.5 Å². The molecular weight excluding hydrogens is 905 g/mol. The Labute approximate surface area is 438 Å². The van der Waals surface area contributed by atoms with Gasteiger partial charge in [-0.1, -0.05) is 224 Å². The molecule has 2 heteroatoms. The Kier molecular flexibility index (Phi) is 10.8. The number of hydrogen-bond acceptors (Lipinski definition) is 1. The molecule has 0 amide bonds. The van der Waals surface area contributed by atoms with Crippen LogP contribution in [-0.4, -0.2) is 4.57 Å². The predicted molar refractivity (Wildman–Crippen MR) is 315 cm³/mol. The monoisotopic (exact) mass is 954 g/mol. The Hall–Kier alpha value is -9.76. The van der Waals surface area contributed by atoms with Crippen LogP contribution < -0.4 is 4.90 Å². The minimum Gasteiger partial charge on any atom is -0.310 e. The number of hydrogen-bond donors (Lipinski definition) is 0. The van der Waals surface area contributed by atoms with Gasteiger partial charge in [0.1, 0.15) is 0 Å². The molecule has 0 aliphatic heterocycles. The summed E-state index contributed by atoms with van der Waals surface area (Å²) in [7, 11) is 0. The van der Waals surface area contributed by atoms with E-state index in [1.165, 1.54) is 94.1 Å². The summed E-state index contributed by atoms with van der Waals surface area (Å²) in [6.45, 7) is 0. The van der Waals surface area contributed by atoms with E-state index >= 15 is 0 Å². The van der Waals surface area contributed by atoms with Gasteiger partial charge in [-0.15, -0.1) is 0 Å². The third-order valence-corrected chi connectivity index (χ3v) is 15.5. The van der Waals surface area contributed by atoms with E-state index in [1.54, 1.807) is 0 Å². The van der Waals surface area contributed by atoms with Crippen LogP contribution in [0.1, 0.15) is 22.3 Å². The minimum atomic E-state index is -0.526. The van der Waals surface area contributed by atoms with Crippen LogP contribution >= 0.6 is 0 Å². The van der Waals surface area contributed by atoms with E-state index in [9.17, 15) is 0 Å². The first-order valence-corrected chi connectivity index (χ1v) is 25.9. The quantitative estimate of drug-likeness (QED) is 0.133. The van der Waals surface area contributed by atoms with Gasteiger partial charge >= 0.3 is 0 Å². The van der Waals surface area contributed by atoms with Gasteiger partial charge in [0.25, 0.3) is 0 Å². The first-order valence-electron chi connectivity index (χ1n) is 25.9. The summed E-state index contributed by atoms with van der Waals surface area (Å²) in [5, 5.41) is 2.50. The zero-order valence-electron chi connectivity index (χ0n) is 41.3. The lowest BCUT2D eigenvalue weighted by molar-refractivity contribution is 0.768. The van der Waals surface area contributed by atoms with Gasteiger partial charge in [-0.25, -0.2) is 0 Å². The highest BCUT2D eigenvalue weighted by molar-refractivity contribution is 6.10. The molecule has 1 aliphatic carbocycles. The van der Waals surface area contributed by atoms with Crippen LogP contribution in [0.25, 0.3) is 83.1 Å². The van der Waals surface area contributed by atoms with E-state index in [0.717, 1.165) is 28.3 Å². The van der Waals surface area contributed by atoms with E-state index in [-0.39, 0.29) is 0 Å². The van der Waals surface area contributed by atoms with Crippen LogP contribution in [0.2, 0.25) is 0 Å². The molecule has 12 aromatic carbocycles. The highest BCUT2D eigenvalue weighted by Gasteiger charge is 2.46. The molecule has 14 rings (SSSR count). The molecule has 0 fully saturated rings. The Balaban J connectivity index is 0.877. The van der Waals surface area contributed by atoms with E-state index in [0.29, 0.717) is 0 Å². The number of para-hydroxylation sites is 2. The van der Waals surface area contributed by atoms with Gasteiger partial charge in [-0.05, 0) is 157 Å². The molecule has 352 valence electrons. The first-order chi connectivity index (χ1) is 37.2. The largest absolute Gasteiger partial charge is 0.310 e. The summed E-state index contributed by atoms with van der Waals surface area (Å²) in [5.41, 5.74) is 23.4. The zero-order chi connectivity index (χ0) is 49.7. The van der Waals surface area contributed by atoms with Crippen LogP contribution in [0, 0.1) is 0 Å². The average molecular weight is 955 g/mol. The van der Waals surface area contributed by atoms with E-state index in [4.69, 9.17) is 0 Å². The first kappa shape index (κ1) is 44.0. The van der Waals surface area contributed by atoms with Crippen molar-refractivity contribution in [3.63, 3.8) is 0 Å². The van der Waals surface area contributed by atoms with Crippen molar-refractivity contribution in [3.8, 4) is 61.3 Å². The van der Waals surface area contributed by atoms with Gasteiger partial charge in [-0.2, -0.15) is 0 Å². The van der Waals surface area contributed by atoms with Crippen molar-refractivity contribution in [1.29, 1.82) is 0 Å². The van der Waals surface area contributed by atoms with Gasteiger partial charge in [0.15, 0.2) is 0 Å². The second kappa shape index (κ2) is 18.4. The lowest BCUT2D eigenvalue weighted by Crippen LogP contribution is -2.28. The molecule has 1 aromatic heterocycles. The Morgan fingerprint density at radius 3 is 1.29 bits per heavy atom. The molecule has 0 unspecified atom stereocenters. The molecule has 0 saturated carbocycles. The fraction of sp³-hybridized carbons (Fsp3) is 0.0137. The summed E-state index contributed by atoms with van der Waals surface area (Å²) < 4.78 is 2.37. The van der Waals surface area contributed by atoms with Crippen LogP contribution in [-0.2, 0) is 5.41 Å². The standard InChI is InChI=1S/C73H50N2/c1-5-19-51(20-6-1)54-21-17-22-55(47-54)52-35-40-62(41-36-52)74(64-44-45-66-65-31-13-15-33-69(65)73(70(66)50-64,59-25-7-2-8-26-59)60-27-9-3-10-28-60)63-42-37-53(38-43-63)56-23-18-24-57(48-56)58-39-46-72-68(49-58)67-32-14-16-34-71(67)75(72)61-29-11-4-12-30-61/h1-50H. The molecule has 1 heterocycles. The number of aromatic nitrogens is 1. The van der Waals surface area contributed by atoms with Crippen molar-refractivity contribution in [3.05, 3.63) is 326 Å². The molecule has 2 nitrogen and oxygen atoms in total. The highest BCUT2D eigenvalue weighted by atomic mass is 15.1. The van der Waals surface area contributed by atoms with E-state index in [1.807, 2.05) is 0 Å². The lowest BCUT2D eigenvalue weighted by atomic mass is 9.67. The molecule has 0 saturated heterocycles. The van der Waals surface area contributed by atoms with Crippen LogP contribution in [0.4, 0.5) is 17.1 Å². The topological polar surface area (TPSA) is 8.17 Å². The van der Waals surface area contributed by atoms with Gasteiger partial charge in [0.05, 0.1) is 16.4 Å². The third-order valence-electron chi connectivity index (χ3n) is 15.5. The van der Waals surface area contributed by atoms with Gasteiger partial charge in [0.2, 0.25) is 0 Å². The summed E-state index contributed by atoms with van der Waals surface area (Å²) >= 11 is 0. The van der Waals surface area contributed by atoms with Crippen molar-refractivity contribution in [2.24, 2.45) is 0 Å². The van der Waals surface area contributed by atoms with Crippen LogP contribution in [0.3, 0.4) is 0 Å². The fourth-order valence-corrected chi connectivity index (χ4v) is 12.0. The second-order valence-corrected chi connectivity index (χ2v) is 19.6. The maximum absolute atomic E-state index is 2.46. The van der Waals surface area contributed by atoms with Crippen molar-refractivity contribution >= 4 is 38.9 Å². The normalized spacial score (nSPS) is 12.4. The number of rotatable bonds is 10. The molecule has 75 heavy (non-hydrogen) atoms. The SMILES string of the molecule is c1ccc(-c2cccc(-c3ccc(N(c4ccc(-c5cccc(-c6ccc7c(c6)c6ccccc6n7-c6ccccc6)c5)cc4)c4ccc5c(c4)C(c4ccccc4)(c4ccccc4)c4ccccc4-5)cc3)c2)cc1. The molecule has 0 N–H and O–H groups in total. The molecule has 0 radical (unpaired) electrons. The summed E-state index contributed by atoms with van der Waals surface area (Å²) in [5.74, 6) is 0. The van der Waals surface area contributed by atoms with Crippen molar-refractivity contribution in [1.82, 2.24) is 4.57 Å². The molecular formula is C73H50N2. The van der Waals surface area contributed by atoms with Gasteiger partial charge < -0.3 is 9.47 Å². The zero-order valence-corrected chi connectivity index (χ0v) is 41.3. The maximum atomic E-state index is 2.46. The fourth-order valence-electron chi connectivity index (χ4n) is 12.0. The average Bonchev–Trinajstić information content (AvgIpc) is 4.07. The third kappa shape index (κ3) is 7.49. The van der Waals surface area contributed by atoms with Crippen LogP contribution in [0.5, 0.6) is 0 Å². The summed E-state index contributed by atoms with van der Waals surface area (Å²) in [6.07, 6.45) is 0. The number of benzene rings is 12. The van der Waals surface area contributed by atoms with Crippen molar-refractivity contribution < 1.29 is 0 Å². The smallest absolute Gasteiger partial charge is 0.0714 e. The van der Waals surface area contributed by atoms with Crippen molar-refractivity contribution in [2.45, 2.75) is 5.41 Å². The Morgan fingerprint density at radius 1 is 0.253 bits per heavy atom. The van der Waals surface area contributed by atoms with Crippen molar-refractivity contribution in [2.75, 3.05) is 4.90 Å².